The van der Waals surface area contributed by atoms with Gasteiger partial charge in [0.15, 0.2) is 5.96 Å². The monoisotopic (exact) mass is 390 g/mol. The highest BCUT2D eigenvalue weighted by atomic mass is 16.1. The Morgan fingerprint density at radius 2 is 1.75 bits per heavy atom. The fraction of sp³-hybridized carbons (Fsp3) is 0.913. The number of carbonyl (C=O) groups excluding carboxylic acids is 1. The number of aldehydes is 1. The zero-order chi connectivity index (χ0) is 19.8. The summed E-state index contributed by atoms with van der Waals surface area (Å²) >= 11 is 0. The second-order valence-corrected chi connectivity index (χ2v) is 9.70. The molecule has 0 aromatic heterocycles. The predicted molar refractivity (Wildman–Crippen MR) is 116 cm³/mol. The lowest BCUT2D eigenvalue weighted by atomic mass is 9.74. The Labute approximate surface area is 171 Å². The van der Waals surface area contributed by atoms with E-state index in [1.807, 2.05) is 0 Å². The molecule has 0 amide bonds. The van der Waals surface area contributed by atoms with Crippen LogP contribution in [0.15, 0.2) is 0 Å². The van der Waals surface area contributed by atoms with E-state index in [9.17, 15) is 4.79 Å². The summed E-state index contributed by atoms with van der Waals surface area (Å²) in [5, 5.41) is 14.3. The fourth-order valence-corrected chi connectivity index (χ4v) is 6.00. The Hall–Kier alpha value is -1.10. The number of nitrogens with one attached hydrogen (secondary N) is 3. The zero-order valence-corrected chi connectivity index (χ0v) is 18.0. The van der Waals surface area contributed by atoms with E-state index in [1.165, 1.54) is 83.7 Å². The molecule has 0 radical (unpaired) electrons. The number of carbonyl (C=O) groups is 1. The topological polar surface area (TPSA) is 68.2 Å². The molecular formula is C23H42N4O. The highest BCUT2D eigenvalue weighted by molar-refractivity contribution is 5.81. The van der Waals surface area contributed by atoms with Gasteiger partial charge in [0.2, 0.25) is 0 Å². The summed E-state index contributed by atoms with van der Waals surface area (Å²) in [6.07, 6.45) is 18.5. The molecule has 1 heterocycles. The number of likely N-dealkylation sites (tertiary alicyclic amines) is 1. The molecule has 5 nitrogen and oxygen atoms in total. The van der Waals surface area contributed by atoms with Crippen LogP contribution < -0.4 is 10.6 Å². The van der Waals surface area contributed by atoms with Gasteiger partial charge in [-0.25, -0.2) is 0 Å². The van der Waals surface area contributed by atoms with Gasteiger partial charge in [0, 0.05) is 13.1 Å². The standard InChI is InChI=1S/C23H42N4O/c1-25-22(24)26-23(18-28,13-12-19-8-3-2-4-9-19)17-20-10-7-11-21(16-20)27-14-5-6-15-27/h18-21H,2-17H2,1H3,(H3,24,25,26)/t20-,21+,23-/m1/s1. The minimum Gasteiger partial charge on any atom is -0.360 e. The Morgan fingerprint density at radius 1 is 1.04 bits per heavy atom. The van der Waals surface area contributed by atoms with E-state index in [4.69, 9.17) is 5.41 Å². The largest absolute Gasteiger partial charge is 0.360 e. The summed E-state index contributed by atoms with van der Waals surface area (Å²) < 4.78 is 0. The van der Waals surface area contributed by atoms with Crippen molar-refractivity contribution in [2.24, 2.45) is 11.8 Å². The summed E-state index contributed by atoms with van der Waals surface area (Å²) in [4.78, 5) is 15.1. The molecule has 3 aliphatic rings. The number of hydrogen-bond donors (Lipinski definition) is 3. The lowest BCUT2D eigenvalue weighted by Crippen LogP contribution is -2.54. The van der Waals surface area contributed by atoms with Crippen molar-refractivity contribution in [1.82, 2.24) is 15.5 Å². The second kappa shape index (κ2) is 10.6. The van der Waals surface area contributed by atoms with Crippen LogP contribution in [0.4, 0.5) is 0 Å². The molecule has 160 valence electrons. The van der Waals surface area contributed by atoms with Crippen molar-refractivity contribution in [2.45, 2.75) is 101 Å². The molecule has 0 bridgehead atoms. The normalized spacial score (nSPS) is 29.2. The van der Waals surface area contributed by atoms with Crippen molar-refractivity contribution < 1.29 is 4.79 Å². The van der Waals surface area contributed by atoms with E-state index in [1.54, 1.807) is 7.05 Å². The molecule has 28 heavy (non-hydrogen) atoms. The van der Waals surface area contributed by atoms with E-state index in [-0.39, 0.29) is 5.96 Å². The van der Waals surface area contributed by atoms with E-state index in [0.29, 0.717) is 12.0 Å². The maximum atomic E-state index is 12.4. The Morgan fingerprint density at radius 3 is 2.43 bits per heavy atom. The van der Waals surface area contributed by atoms with E-state index >= 15 is 0 Å². The predicted octanol–water partition coefficient (Wildman–Crippen LogP) is 4.07. The van der Waals surface area contributed by atoms with Gasteiger partial charge in [0.1, 0.15) is 6.29 Å². The molecule has 2 saturated carbocycles. The first kappa shape index (κ1) is 21.6. The van der Waals surface area contributed by atoms with Crippen LogP contribution in [0, 0.1) is 17.2 Å². The van der Waals surface area contributed by atoms with Gasteiger partial charge >= 0.3 is 0 Å². The maximum Gasteiger partial charge on any atom is 0.188 e. The van der Waals surface area contributed by atoms with E-state index in [0.717, 1.165) is 31.5 Å². The van der Waals surface area contributed by atoms with Crippen LogP contribution in [0.25, 0.3) is 0 Å². The first-order valence-corrected chi connectivity index (χ1v) is 11.9. The summed E-state index contributed by atoms with van der Waals surface area (Å²) in [6.45, 7) is 2.53. The highest BCUT2D eigenvalue weighted by Crippen LogP contribution is 2.37. The van der Waals surface area contributed by atoms with Gasteiger partial charge in [-0.05, 0) is 69.9 Å². The van der Waals surface area contributed by atoms with Gasteiger partial charge < -0.3 is 20.3 Å². The van der Waals surface area contributed by atoms with Gasteiger partial charge in [0.05, 0.1) is 5.54 Å². The van der Waals surface area contributed by atoms with Crippen LogP contribution in [-0.4, -0.2) is 48.9 Å². The maximum absolute atomic E-state index is 12.4. The second-order valence-electron chi connectivity index (χ2n) is 9.70. The van der Waals surface area contributed by atoms with Crippen molar-refractivity contribution in [3.8, 4) is 0 Å². The quantitative estimate of drug-likeness (QED) is 0.332. The molecule has 0 aromatic carbocycles. The number of nitrogens with zero attached hydrogens (tertiary/aromatic N) is 1. The van der Waals surface area contributed by atoms with Crippen LogP contribution in [0.3, 0.4) is 0 Å². The average molecular weight is 391 g/mol. The molecule has 1 saturated heterocycles. The first-order valence-electron chi connectivity index (χ1n) is 11.9. The lowest BCUT2D eigenvalue weighted by molar-refractivity contribution is -0.114. The van der Waals surface area contributed by atoms with Crippen LogP contribution in [0.2, 0.25) is 0 Å². The highest BCUT2D eigenvalue weighted by Gasteiger charge is 2.37. The molecular weight excluding hydrogens is 348 g/mol. The third-order valence-corrected chi connectivity index (χ3v) is 7.64. The van der Waals surface area contributed by atoms with Crippen LogP contribution in [-0.2, 0) is 4.79 Å². The van der Waals surface area contributed by atoms with Gasteiger partial charge in [-0.3, -0.25) is 5.41 Å². The van der Waals surface area contributed by atoms with Crippen LogP contribution in [0.1, 0.15) is 89.9 Å². The van der Waals surface area contributed by atoms with Gasteiger partial charge in [-0.1, -0.05) is 44.9 Å². The summed E-state index contributed by atoms with van der Waals surface area (Å²) in [6, 6.07) is 0.715. The zero-order valence-electron chi connectivity index (χ0n) is 18.0. The molecule has 5 heteroatoms. The first-order chi connectivity index (χ1) is 13.6. The van der Waals surface area contributed by atoms with Crippen molar-refractivity contribution in [1.29, 1.82) is 5.41 Å². The Kier molecular flexibility index (Phi) is 8.19. The van der Waals surface area contributed by atoms with Crippen molar-refractivity contribution in [3.05, 3.63) is 0 Å². The third-order valence-electron chi connectivity index (χ3n) is 7.64. The number of guanidine groups is 1. The number of rotatable bonds is 8. The molecule has 0 unspecified atom stereocenters. The summed E-state index contributed by atoms with van der Waals surface area (Å²) in [5.41, 5.74) is -0.574. The minimum absolute atomic E-state index is 0.280. The molecule has 3 fully saturated rings. The number of hydrogen-bond acceptors (Lipinski definition) is 3. The fourth-order valence-electron chi connectivity index (χ4n) is 6.00. The van der Waals surface area contributed by atoms with Crippen molar-refractivity contribution in [2.75, 3.05) is 20.1 Å². The molecule has 2 aliphatic carbocycles. The Balaban J connectivity index is 1.62. The molecule has 1 aliphatic heterocycles. The van der Waals surface area contributed by atoms with E-state index in [2.05, 4.69) is 15.5 Å². The lowest BCUT2D eigenvalue weighted by Gasteiger charge is -2.40. The smallest absolute Gasteiger partial charge is 0.188 e. The van der Waals surface area contributed by atoms with Gasteiger partial charge in [0.25, 0.3) is 0 Å². The Bertz CT molecular complexity index is 499. The third kappa shape index (κ3) is 5.95. The van der Waals surface area contributed by atoms with Gasteiger partial charge in [-0.15, -0.1) is 0 Å². The molecule has 0 aromatic rings. The molecule has 3 N–H and O–H groups in total. The molecule has 3 rings (SSSR count). The molecule has 3 atom stereocenters. The van der Waals surface area contributed by atoms with Crippen molar-refractivity contribution in [3.63, 3.8) is 0 Å². The van der Waals surface area contributed by atoms with Crippen molar-refractivity contribution >= 4 is 12.2 Å². The molecule has 0 spiro atoms. The summed E-state index contributed by atoms with van der Waals surface area (Å²) in [7, 11) is 1.76. The average Bonchev–Trinajstić information content (AvgIpc) is 3.28. The van der Waals surface area contributed by atoms with Gasteiger partial charge in [-0.2, -0.15) is 0 Å². The van der Waals surface area contributed by atoms with Crippen LogP contribution >= 0.6 is 0 Å². The minimum atomic E-state index is -0.574. The van der Waals surface area contributed by atoms with E-state index < -0.39 is 5.54 Å². The SMILES string of the molecule is CNC(=N)N[C@](C=O)(CCC1CCCCC1)C[C@@H]1CCC[C@H](N2CCCC2)C1. The van der Waals surface area contributed by atoms with Crippen LogP contribution in [0.5, 0.6) is 0 Å². The summed E-state index contributed by atoms with van der Waals surface area (Å²) in [5.74, 6) is 1.64.